The molecule has 0 spiro atoms. The zero-order chi connectivity index (χ0) is 14.9. The average Bonchev–Trinajstić information content (AvgIpc) is 3.00. The number of hydrogen-bond acceptors (Lipinski definition) is 6. The second-order valence-corrected chi connectivity index (χ2v) is 5.83. The number of anilines is 2. The van der Waals surface area contributed by atoms with E-state index < -0.39 is 0 Å². The minimum absolute atomic E-state index is 0.427. The number of benzene rings is 1. The van der Waals surface area contributed by atoms with E-state index >= 15 is 0 Å². The number of nitrogens with zero attached hydrogens (tertiary/aromatic N) is 4. The van der Waals surface area contributed by atoms with Gasteiger partial charge >= 0.3 is 0 Å². The van der Waals surface area contributed by atoms with Crippen molar-refractivity contribution in [1.82, 2.24) is 19.5 Å². The van der Waals surface area contributed by atoms with Crippen molar-refractivity contribution < 1.29 is 4.79 Å². The summed E-state index contributed by atoms with van der Waals surface area (Å²) in [6.45, 7) is 0.598. The summed E-state index contributed by atoms with van der Waals surface area (Å²) < 4.78 is 1.82. The van der Waals surface area contributed by atoms with E-state index in [0.29, 0.717) is 12.4 Å². The molecule has 1 N–H and O–H groups in total. The zero-order valence-corrected chi connectivity index (χ0v) is 12.2. The molecule has 0 atom stereocenters. The third-order valence-corrected chi connectivity index (χ3v) is 4.44. The van der Waals surface area contributed by atoms with E-state index in [2.05, 4.69) is 32.4 Å². The van der Waals surface area contributed by atoms with Crippen molar-refractivity contribution in [1.29, 1.82) is 0 Å². The summed E-state index contributed by atoms with van der Waals surface area (Å²) in [4.78, 5) is 24.7. The highest BCUT2D eigenvalue weighted by atomic mass is 32.2. The molecule has 4 rings (SSSR count). The molecule has 0 saturated carbocycles. The van der Waals surface area contributed by atoms with Crippen LogP contribution in [-0.4, -0.2) is 25.8 Å². The summed E-state index contributed by atoms with van der Waals surface area (Å²) in [5.41, 5.74) is 2.09. The van der Waals surface area contributed by atoms with Gasteiger partial charge in [-0.15, -0.1) is 0 Å². The van der Waals surface area contributed by atoms with Gasteiger partial charge in [0.2, 0.25) is 0 Å². The molecule has 1 aliphatic heterocycles. The van der Waals surface area contributed by atoms with Crippen LogP contribution in [0, 0.1) is 0 Å². The Morgan fingerprint density at radius 2 is 2.09 bits per heavy atom. The molecule has 0 unspecified atom stereocenters. The number of carbonyl (C=O) groups excluding carboxylic acids is 1. The van der Waals surface area contributed by atoms with Crippen molar-refractivity contribution in [2.24, 2.45) is 0 Å². The maximum Gasteiger partial charge on any atom is 0.185 e. The molecule has 3 heterocycles. The van der Waals surface area contributed by atoms with Crippen molar-refractivity contribution in [2.45, 2.75) is 16.5 Å². The Hall–Kier alpha value is -2.67. The number of aldehydes is 1. The van der Waals surface area contributed by atoms with Crippen LogP contribution in [0.1, 0.15) is 16.2 Å². The molecule has 0 radical (unpaired) electrons. The topological polar surface area (TPSA) is 72.7 Å². The summed E-state index contributed by atoms with van der Waals surface area (Å²) >= 11 is 1.60. The van der Waals surface area contributed by atoms with E-state index in [-0.39, 0.29) is 0 Å². The number of aromatic nitrogens is 4. The predicted molar refractivity (Wildman–Crippen MR) is 82.6 cm³/mol. The normalized spacial score (nSPS) is 12.2. The van der Waals surface area contributed by atoms with Gasteiger partial charge in [-0.05, 0) is 17.7 Å². The van der Waals surface area contributed by atoms with Gasteiger partial charge in [0.05, 0.1) is 5.69 Å². The predicted octanol–water partition coefficient (Wildman–Crippen LogP) is 2.74. The van der Waals surface area contributed by atoms with E-state index in [9.17, 15) is 4.79 Å². The Labute approximate surface area is 130 Å². The summed E-state index contributed by atoms with van der Waals surface area (Å²) in [5, 5.41) is 4.18. The first-order valence-corrected chi connectivity index (χ1v) is 7.50. The first-order chi connectivity index (χ1) is 10.8. The standard InChI is InChI=1S/C15H11N5OS/c21-9-13-16-5-6-20(13)8-10-1-2-12-11(7-10)19-14-15(22-12)18-4-3-17-14/h1-7,9H,8H2,(H,17,19). The smallest absolute Gasteiger partial charge is 0.185 e. The van der Waals surface area contributed by atoms with E-state index in [1.54, 1.807) is 36.5 Å². The molecule has 0 bridgehead atoms. The Balaban J connectivity index is 1.64. The molecule has 0 fully saturated rings. The molecule has 0 amide bonds. The monoisotopic (exact) mass is 309 g/mol. The third-order valence-electron chi connectivity index (χ3n) is 3.37. The van der Waals surface area contributed by atoms with Crippen LogP contribution in [0.5, 0.6) is 0 Å². The fraction of sp³-hybridized carbons (Fsp3) is 0.0667. The Bertz CT molecular complexity index is 861. The Morgan fingerprint density at radius 3 is 3.00 bits per heavy atom. The lowest BCUT2D eigenvalue weighted by Crippen LogP contribution is -2.06. The summed E-state index contributed by atoms with van der Waals surface area (Å²) in [7, 11) is 0. The molecular formula is C15H11N5OS. The maximum absolute atomic E-state index is 10.9. The van der Waals surface area contributed by atoms with Crippen molar-refractivity contribution in [2.75, 3.05) is 5.32 Å². The summed E-state index contributed by atoms with van der Waals surface area (Å²) in [6.07, 6.45) is 7.54. The van der Waals surface area contributed by atoms with E-state index in [4.69, 9.17) is 0 Å². The fourth-order valence-electron chi connectivity index (χ4n) is 2.35. The minimum atomic E-state index is 0.427. The molecule has 1 aliphatic rings. The van der Waals surface area contributed by atoms with E-state index in [1.807, 2.05) is 10.6 Å². The zero-order valence-electron chi connectivity index (χ0n) is 11.4. The van der Waals surface area contributed by atoms with Gasteiger partial charge in [0.25, 0.3) is 0 Å². The van der Waals surface area contributed by atoms with Crippen LogP contribution in [0.2, 0.25) is 0 Å². The number of fused-ring (bicyclic) bond motifs is 2. The number of rotatable bonds is 3. The van der Waals surface area contributed by atoms with Gasteiger partial charge in [-0.25, -0.2) is 15.0 Å². The molecule has 3 aromatic rings. The molecule has 7 heteroatoms. The van der Waals surface area contributed by atoms with Crippen molar-refractivity contribution in [3.05, 3.63) is 54.4 Å². The van der Waals surface area contributed by atoms with Gasteiger partial charge in [-0.1, -0.05) is 17.8 Å². The summed E-state index contributed by atoms with van der Waals surface area (Å²) in [5.74, 6) is 1.20. The number of carbonyl (C=O) groups is 1. The number of imidazole rings is 1. The second kappa shape index (κ2) is 5.27. The van der Waals surface area contributed by atoms with Crippen LogP contribution in [0.25, 0.3) is 0 Å². The van der Waals surface area contributed by atoms with Crippen LogP contribution in [-0.2, 0) is 6.54 Å². The van der Waals surface area contributed by atoms with Crippen molar-refractivity contribution in [3.63, 3.8) is 0 Å². The highest BCUT2D eigenvalue weighted by molar-refractivity contribution is 7.99. The highest BCUT2D eigenvalue weighted by Gasteiger charge is 2.17. The van der Waals surface area contributed by atoms with Crippen LogP contribution >= 0.6 is 11.8 Å². The van der Waals surface area contributed by atoms with E-state index in [1.165, 1.54) is 0 Å². The molecule has 108 valence electrons. The first-order valence-electron chi connectivity index (χ1n) is 6.68. The van der Waals surface area contributed by atoms with Gasteiger partial charge in [0.1, 0.15) is 5.03 Å². The average molecular weight is 309 g/mol. The van der Waals surface area contributed by atoms with Crippen LogP contribution in [0.15, 0.2) is 52.9 Å². The van der Waals surface area contributed by atoms with Gasteiger partial charge < -0.3 is 9.88 Å². The second-order valence-electron chi connectivity index (χ2n) is 4.80. The largest absolute Gasteiger partial charge is 0.337 e. The lowest BCUT2D eigenvalue weighted by atomic mass is 10.2. The molecule has 6 nitrogen and oxygen atoms in total. The lowest BCUT2D eigenvalue weighted by molar-refractivity contribution is 0.111. The fourth-order valence-corrected chi connectivity index (χ4v) is 3.23. The third kappa shape index (κ3) is 2.25. The maximum atomic E-state index is 10.9. The molecule has 2 aromatic heterocycles. The van der Waals surface area contributed by atoms with E-state index in [0.717, 1.165) is 33.3 Å². The number of hydrogen-bond donors (Lipinski definition) is 1. The quantitative estimate of drug-likeness (QED) is 0.587. The summed E-state index contributed by atoms with van der Waals surface area (Å²) in [6, 6.07) is 6.16. The SMILES string of the molecule is O=Cc1nccn1Cc1ccc2c(c1)Nc1nccnc1S2. The van der Waals surface area contributed by atoms with Gasteiger partial charge in [0.15, 0.2) is 17.9 Å². The van der Waals surface area contributed by atoms with Crippen molar-refractivity contribution in [3.8, 4) is 0 Å². The molecule has 0 aliphatic carbocycles. The van der Waals surface area contributed by atoms with Crippen LogP contribution < -0.4 is 5.32 Å². The van der Waals surface area contributed by atoms with Gasteiger partial charge in [-0.3, -0.25) is 4.79 Å². The van der Waals surface area contributed by atoms with Crippen LogP contribution in [0.4, 0.5) is 11.5 Å². The molecule has 1 aromatic carbocycles. The molecular weight excluding hydrogens is 298 g/mol. The van der Waals surface area contributed by atoms with Crippen molar-refractivity contribution >= 4 is 29.6 Å². The van der Waals surface area contributed by atoms with Gasteiger partial charge in [0, 0.05) is 36.2 Å². The number of nitrogens with one attached hydrogen (secondary N) is 1. The lowest BCUT2D eigenvalue weighted by Gasteiger charge is -2.19. The Kier molecular flexibility index (Phi) is 3.12. The van der Waals surface area contributed by atoms with Crippen LogP contribution in [0.3, 0.4) is 0 Å². The highest BCUT2D eigenvalue weighted by Crippen LogP contribution is 2.42. The molecule has 22 heavy (non-hydrogen) atoms. The first kappa shape index (κ1) is 13.0. The van der Waals surface area contributed by atoms with Gasteiger partial charge in [-0.2, -0.15) is 0 Å². The minimum Gasteiger partial charge on any atom is -0.337 e. The molecule has 0 saturated heterocycles. The Morgan fingerprint density at radius 1 is 1.18 bits per heavy atom.